The molecule has 9 nitrogen and oxygen atoms in total. The van der Waals surface area contributed by atoms with Gasteiger partial charge in [0.15, 0.2) is 17.3 Å². The number of hydrogen-bond acceptors (Lipinski definition) is 8. The molecule has 0 aliphatic rings. The molecular weight excluding hydrogens is 592 g/mol. The van der Waals surface area contributed by atoms with E-state index in [-0.39, 0.29) is 17.2 Å². The van der Waals surface area contributed by atoms with Gasteiger partial charge in [-0.1, -0.05) is 24.3 Å². The molecule has 4 rings (SSSR count). The Kier molecular flexibility index (Phi) is 11.6. The number of benzene rings is 4. The van der Waals surface area contributed by atoms with E-state index in [9.17, 15) is 14.4 Å². The van der Waals surface area contributed by atoms with Crippen molar-refractivity contribution in [1.82, 2.24) is 5.32 Å². The minimum Gasteiger partial charge on any atom is -0.496 e. The normalized spacial score (nSPS) is 10.9. The second kappa shape index (κ2) is 16.0. The van der Waals surface area contributed by atoms with E-state index in [1.165, 1.54) is 39.2 Å². The van der Waals surface area contributed by atoms with E-state index < -0.39 is 11.8 Å². The van der Waals surface area contributed by atoms with Crippen molar-refractivity contribution in [1.29, 1.82) is 0 Å². The molecule has 0 aliphatic carbocycles. The Balaban J connectivity index is 1.55. The summed E-state index contributed by atoms with van der Waals surface area (Å²) in [6.07, 6.45) is 1.51. The molecule has 2 amide bonds. The highest BCUT2D eigenvalue weighted by Gasteiger charge is 2.18. The van der Waals surface area contributed by atoms with Crippen LogP contribution < -0.4 is 29.6 Å². The fraction of sp³-hybridized carbons (Fsp3) is 0.171. The number of amides is 2. The van der Waals surface area contributed by atoms with Crippen LogP contribution in [0.5, 0.6) is 23.0 Å². The van der Waals surface area contributed by atoms with Crippen LogP contribution in [0.15, 0.2) is 102 Å². The number of carbonyl (C=O) groups excluding carboxylic acids is 3. The lowest BCUT2D eigenvalue weighted by Gasteiger charge is -2.15. The largest absolute Gasteiger partial charge is 0.496 e. The van der Waals surface area contributed by atoms with Crippen LogP contribution in [-0.4, -0.2) is 51.3 Å². The number of anilines is 1. The van der Waals surface area contributed by atoms with Gasteiger partial charge in [0.25, 0.3) is 11.8 Å². The lowest BCUT2D eigenvalue weighted by atomic mass is 10.1. The third kappa shape index (κ3) is 8.90. The van der Waals surface area contributed by atoms with Crippen LogP contribution >= 0.6 is 11.8 Å². The first kappa shape index (κ1) is 32.7. The van der Waals surface area contributed by atoms with Crippen LogP contribution in [0.25, 0.3) is 6.08 Å². The number of ether oxygens (including phenoxy) is 4. The van der Waals surface area contributed by atoms with Crippen molar-refractivity contribution < 1.29 is 33.3 Å². The van der Waals surface area contributed by atoms with E-state index in [0.29, 0.717) is 52.0 Å². The third-order valence-electron chi connectivity index (χ3n) is 6.51. The van der Waals surface area contributed by atoms with Crippen molar-refractivity contribution in [3.8, 4) is 23.0 Å². The van der Waals surface area contributed by atoms with Crippen molar-refractivity contribution in [2.75, 3.05) is 39.0 Å². The number of nitrogens with one attached hydrogen (secondary N) is 2. The molecular formula is C35H34N2O7S. The highest BCUT2D eigenvalue weighted by atomic mass is 32.2. The Morgan fingerprint density at radius 1 is 0.756 bits per heavy atom. The van der Waals surface area contributed by atoms with Crippen molar-refractivity contribution in [3.63, 3.8) is 0 Å². The van der Waals surface area contributed by atoms with Gasteiger partial charge < -0.3 is 29.6 Å². The van der Waals surface area contributed by atoms with Crippen molar-refractivity contribution >= 4 is 41.1 Å². The van der Waals surface area contributed by atoms with Crippen LogP contribution in [0.4, 0.5) is 5.69 Å². The van der Waals surface area contributed by atoms with E-state index in [2.05, 4.69) is 10.6 Å². The molecule has 4 aromatic rings. The van der Waals surface area contributed by atoms with Gasteiger partial charge in [-0.2, -0.15) is 0 Å². The number of ketones is 1. The number of thioether (sulfide) groups is 1. The summed E-state index contributed by atoms with van der Waals surface area (Å²) in [5.41, 5.74) is 1.90. The van der Waals surface area contributed by atoms with Gasteiger partial charge in [0.2, 0.25) is 0 Å². The second-order valence-corrected chi connectivity index (χ2v) is 10.5. The number of rotatable bonds is 14. The SMILES string of the molecule is CCOc1ccc(C(=O)CSc2cccc(NC(=O)/C(=C/c3cc(OC)c(OC)cc3OC)NC(=O)c3ccccc3)c2)cc1. The summed E-state index contributed by atoms with van der Waals surface area (Å²) in [6.45, 7) is 2.46. The fourth-order valence-electron chi connectivity index (χ4n) is 4.26. The fourth-order valence-corrected chi connectivity index (χ4v) is 5.11. The Labute approximate surface area is 266 Å². The first-order chi connectivity index (χ1) is 21.8. The number of methoxy groups -OCH3 is 3. The van der Waals surface area contributed by atoms with E-state index in [1.807, 2.05) is 13.0 Å². The number of carbonyl (C=O) groups is 3. The minimum absolute atomic E-state index is 0.0295. The van der Waals surface area contributed by atoms with E-state index >= 15 is 0 Å². The quantitative estimate of drug-likeness (QED) is 0.0928. The molecule has 0 bridgehead atoms. The summed E-state index contributed by atoms with van der Waals surface area (Å²) in [5, 5.41) is 5.58. The molecule has 45 heavy (non-hydrogen) atoms. The highest BCUT2D eigenvalue weighted by Crippen LogP contribution is 2.35. The Morgan fingerprint density at radius 3 is 2.11 bits per heavy atom. The summed E-state index contributed by atoms with van der Waals surface area (Å²) >= 11 is 1.35. The van der Waals surface area contributed by atoms with Crippen LogP contribution in [0.1, 0.15) is 33.2 Å². The second-order valence-electron chi connectivity index (χ2n) is 9.48. The lowest BCUT2D eigenvalue weighted by molar-refractivity contribution is -0.113. The smallest absolute Gasteiger partial charge is 0.272 e. The Bertz CT molecular complexity index is 1670. The summed E-state index contributed by atoms with van der Waals surface area (Å²) in [4.78, 5) is 40.3. The first-order valence-electron chi connectivity index (χ1n) is 14.0. The predicted octanol–water partition coefficient (Wildman–Crippen LogP) is 6.50. The van der Waals surface area contributed by atoms with Crippen LogP contribution in [0.3, 0.4) is 0 Å². The van der Waals surface area contributed by atoms with Crippen molar-refractivity contribution in [2.45, 2.75) is 11.8 Å². The van der Waals surface area contributed by atoms with Crippen LogP contribution in [0.2, 0.25) is 0 Å². The predicted molar refractivity (Wildman–Crippen MR) is 176 cm³/mol. The lowest BCUT2D eigenvalue weighted by Crippen LogP contribution is -2.30. The zero-order valence-electron chi connectivity index (χ0n) is 25.4. The molecule has 0 atom stereocenters. The standard InChI is InChI=1S/C35H34N2O7S/c1-5-44-27-16-14-23(15-17-27)30(38)22-45-28-13-9-12-26(20-28)36-35(40)29(37-34(39)24-10-7-6-8-11-24)18-25-19-32(42-3)33(43-4)21-31(25)41-2/h6-21H,5,22H2,1-4H3,(H,36,40)(H,37,39)/b29-18-. The van der Waals surface area contributed by atoms with Gasteiger partial charge in [-0.05, 0) is 73.7 Å². The van der Waals surface area contributed by atoms with Gasteiger partial charge in [0.1, 0.15) is 17.2 Å². The monoisotopic (exact) mass is 626 g/mol. The first-order valence-corrected chi connectivity index (χ1v) is 15.0. The molecule has 0 unspecified atom stereocenters. The maximum absolute atomic E-state index is 13.6. The average Bonchev–Trinajstić information content (AvgIpc) is 3.07. The highest BCUT2D eigenvalue weighted by molar-refractivity contribution is 8.00. The number of hydrogen-bond donors (Lipinski definition) is 2. The molecule has 4 aromatic carbocycles. The molecule has 0 aliphatic heterocycles. The number of Topliss-reactive ketones (excluding diaryl/α,β-unsaturated/α-hetero) is 1. The average molecular weight is 627 g/mol. The molecule has 0 fully saturated rings. The third-order valence-corrected chi connectivity index (χ3v) is 7.51. The van der Waals surface area contributed by atoms with Crippen molar-refractivity contribution in [2.24, 2.45) is 0 Å². The Hall–Kier alpha value is -5.22. The summed E-state index contributed by atoms with van der Waals surface area (Å²) in [5.74, 6) is 1.13. The summed E-state index contributed by atoms with van der Waals surface area (Å²) < 4.78 is 21.8. The van der Waals surface area contributed by atoms with E-state index in [4.69, 9.17) is 18.9 Å². The molecule has 0 spiro atoms. The maximum atomic E-state index is 13.6. The van der Waals surface area contributed by atoms with Gasteiger partial charge in [0, 0.05) is 33.3 Å². The molecule has 0 heterocycles. The zero-order valence-corrected chi connectivity index (χ0v) is 26.2. The van der Waals surface area contributed by atoms with Crippen molar-refractivity contribution in [3.05, 3.63) is 113 Å². The zero-order chi connectivity index (χ0) is 32.2. The molecule has 2 N–H and O–H groups in total. The molecule has 0 aromatic heterocycles. The van der Waals surface area contributed by atoms with E-state index in [0.717, 1.165) is 4.90 Å². The minimum atomic E-state index is -0.566. The van der Waals surface area contributed by atoms with Gasteiger partial charge >= 0.3 is 0 Å². The van der Waals surface area contributed by atoms with Gasteiger partial charge in [-0.3, -0.25) is 14.4 Å². The molecule has 0 radical (unpaired) electrons. The Morgan fingerprint density at radius 2 is 1.44 bits per heavy atom. The van der Waals surface area contributed by atoms with Crippen LogP contribution in [0, 0.1) is 0 Å². The summed E-state index contributed by atoms with van der Waals surface area (Å²) in [7, 11) is 4.50. The molecule has 10 heteroatoms. The molecule has 0 saturated carbocycles. The van der Waals surface area contributed by atoms with Gasteiger partial charge in [0.05, 0.1) is 33.7 Å². The topological polar surface area (TPSA) is 112 Å². The summed E-state index contributed by atoms with van der Waals surface area (Å²) in [6, 6.07) is 26.0. The maximum Gasteiger partial charge on any atom is 0.272 e. The van der Waals surface area contributed by atoms with Gasteiger partial charge in [-0.15, -0.1) is 11.8 Å². The van der Waals surface area contributed by atoms with Gasteiger partial charge in [-0.25, -0.2) is 0 Å². The molecule has 0 saturated heterocycles. The van der Waals surface area contributed by atoms with E-state index in [1.54, 1.807) is 84.9 Å². The molecule has 232 valence electrons. The van der Waals surface area contributed by atoms with Crippen LogP contribution in [-0.2, 0) is 4.79 Å².